The maximum absolute atomic E-state index is 3.33. The van der Waals surface area contributed by atoms with Gasteiger partial charge in [0.2, 0.25) is 0 Å². The van der Waals surface area contributed by atoms with Gasteiger partial charge in [0.25, 0.3) is 0 Å². The molecule has 1 aliphatic carbocycles. The zero-order valence-corrected chi connectivity index (χ0v) is 11.0. The van der Waals surface area contributed by atoms with Gasteiger partial charge in [-0.2, -0.15) is 0 Å². The van der Waals surface area contributed by atoms with E-state index in [9.17, 15) is 0 Å². The van der Waals surface area contributed by atoms with E-state index in [4.69, 9.17) is 0 Å². The Bertz CT molecular complexity index is 317. The highest BCUT2D eigenvalue weighted by atomic mass is 15.2. The van der Waals surface area contributed by atoms with Crippen molar-refractivity contribution in [2.75, 3.05) is 20.6 Å². The van der Waals surface area contributed by atoms with E-state index in [1.807, 2.05) is 7.05 Å². The molecule has 0 spiro atoms. The molecule has 0 heterocycles. The number of rotatable bonds is 5. The monoisotopic (exact) mass is 232 g/mol. The quantitative estimate of drug-likeness (QED) is 0.840. The molecule has 1 aromatic carbocycles. The van der Waals surface area contributed by atoms with Crippen LogP contribution in [0, 0.1) is 0 Å². The molecule has 0 radical (unpaired) electrons. The van der Waals surface area contributed by atoms with Crippen LogP contribution in [0.5, 0.6) is 0 Å². The highest BCUT2D eigenvalue weighted by molar-refractivity contribution is 5.19. The molecule has 0 aromatic heterocycles. The zero-order chi connectivity index (χ0) is 12.1. The van der Waals surface area contributed by atoms with Crippen LogP contribution in [0.1, 0.15) is 37.3 Å². The Labute approximate surface area is 105 Å². The lowest BCUT2D eigenvalue weighted by atomic mass is 10.0. The molecule has 0 aliphatic heterocycles. The van der Waals surface area contributed by atoms with Gasteiger partial charge in [-0.3, -0.25) is 4.90 Å². The second-order valence-corrected chi connectivity index (χ2v) is 5.09. The summed E-state index contributed by atoms with van der Waals surface area (Å²) in [6, 6.07) is 12.1. The van der Waals surface area contributed by atoms with Crippen LogP contribution >= 0.6 is 0 Å². The van der Waals surface area contributed by atoms with Gasteiger partial charge in [0.15, 0.2) is 0 Å². The van der Waals surface area contributed by atoms with Crippen molar-refractivity contribution in [3.05, 3.63) is 35.9 Å². The molecular weight excluding hydrogens is 208 g/mol. The molecule has 2 rings (SSSR count). The first kappa shape index (κ1) is 12.6. The number of nitrogens with zero attached hydrogens (tertiary/aromatic N) is 1. The third-order valence-electron chi connectivity index (χ3n) is 3.97. The van der Waals surface area contributed by atoms with Crippen molar-refractivity contribution in [2.45, 2.75) is 37.8 Å². The van der Waals surface area contributed by atoms with Gasteiger partial charge in [-0.05, 0) is 32.5 Å². The van der Waals surface area contributed by atoms with E-state index < -0.39 is 0 Å². The fraction of sp³-hybridized carbons (Fsp3) is 0.600. The molecule has 1 unspecified atom stereocenters. The van der Waals surface area contributed by atoms with Gasteiger partial charge < -0.3 is 5.32 Å². The molecule has 1 aromatic rings. The molecule has 1 fully saturated rings. The molecule has 0 amide bonds. The number of hydrogen-bond donors (Lipinski definition) is 1. The van der Waals surface area contributed by atoms with Crippen LogP contribution in [0.25, 0.3) is 0 Å². The first-order valence-corrected chi connectivity index (χ1v) is 6.74. The van der Waals surface area contributed by atoms with Gasteiger partial charge in [0.05, 0.1) is 0 Å². The smallest absolute Gasteiger partial charge is 0.0472 e. The summed E-state index contributed by atoms with van der Waals surface area (Å²) in [5.74, 6) is 0. The third kappa shape index (κ3) is 3.08. The van der Waals surface area contributed by atoms with Crippen LogP contribution < -0.4 is 5.32 Å². The molecule has 0 bridgehead atoms. The lowest BCUT2D eigenvalue weighted by molar-refractivity contribution is 0.173. The first-order chi connectivity index (χ1) is 8.33. The minimum absolute atomic E-state index is 0.504. The van der Waals surface area contributed by atoms with Crippen molar-refractivity contribution >= 4 is 0 Å². The van der Waals surface area contributed by atoms with Crippen LogP contribution in [0.3, 0.4) is 0 Å². The molecule has 2 heteroatoms. The summed E-state index contributed by atoms with van der Waals surface area (Å²) in [5, 5.41) is 3.33. The van der Waals surface area contributed by atoms with E-state index in [1.54, 1.807) is 0 Å². The number of benzene rings is 1. The number of likely N-dealkylation sites (N-methyl/N-ethyl adjacent to an activating group) is 2. The van der Waals surface area contributed by atoms with Gasteiger partial charge in [0.1, 0.15) is 0 Å². The Morgan fingerprint density at radius 2 is 1.88 bits per heavy atom. The van der Waals surface area contributed by atoms with Crippen LogP contribution in [0.15, 0.2) is 30.3 Å². The summed E-state index contributed by atoms with van der Waals surface area (Å²) in [4.78, 5) is 2.57. The van der Waals surface area contributed by atoms with E-state index >= 15 is 0 Å². The molecule has 1 N–H and O–H groups in total. The lowest BCUT2D eigenvalue weighted by Gasteiger charge is -2.33. The summed E-state index contributed by atoms with van der Waals surface area (Å²) in [5.41, 5.74) is 1.43. The van der Waals surface area contributed by atoms with Gasteiger partial charge in [-0.25, -0.2) is 0 Å². The summed E-state index contributed by atoms with van der Waals surface area (Å²) in [6.45, 7) is 1.02. The molecule has 94 valence electrons. The summed E-state index contributed by atoms with van der Waals surface area (Å²) in [6.07, 6.45) is 5.53. The molecular formula is C15H24N2. The summed E-state index contributed by atoms with van der Waals surface area (Å²) in [7, 11) is 4.32. The van der Waals surface area contributed by atoms with Crippen molar-refractivity contribution in [1.82, 2.24) is 10.2 Å². The largest absolute Gasteiger partial charge is 0.318 e. The predicted molar refractivity (Wildman–Crippen MR) is 73.1 cm³/mol. The number of nitrogens with one attached hydrogen (secondary N) is 1. The number of hydrogen-bond acceptors (Lipinski definition) is 2. The van der Waals surface area contributed by atoms with E-state index in [1.165, 1.54) is 31.2 Å². The Morgan fingerprint density at radius 1 is 1.24 bits per heavy atom. The summed E-state index contributed by atoms with van der Waals surface area (Å²) < 4.78 is 0. The Balaban J connectivity index is 2.10. The van der Waals surface area contributed by atoms with E-state index in [2.05, 4.69) is 47.6 Å². The van der Waals surface area contributed by atoms with Gasteiger partial charge >= 0.3 is 0 Å². The maximum Gasteiger partial charge on any atom is 0.0472 e. The first-order valence-electron chi connectivity index (χ1n) is 6.74. The van der Waals surface area contributed by atoms with Crippen molar-refractivity contribution in [3.8, 4) is 0 Å². The topological polar surface area (TPSA) is 15.3 Å². The highest BCUT2D eigenvalue weighted by Gasteiger charge is 2.25. The normalized spacial score (nSPS) is 18.8. The molecule has 17 heavy (non-hydrogen) atoms. The summed E-state index contributed by atoms with van der Waals surface area (Å²) >= 11 is 0. The van der Waals surface area contributed by atoms with Crippen molar-refractivity contribution < 1.29 is 0 Å². The van der Waals surface area contributed by atoms with Crippen LogP contribution in [0.4, 0.5) is 0 Å². The van der Waals surface area contributed by atoms with Crippen LogP contribution in [0.2, 0.25) is 0 Å². The van der Waals surface area contributed by atoms with Gasteiger partial charge in [-0.1, -0.05) is 43.2 Å². The Kier molecular flexibility index (Phi) is 4.57. The van der Waals surface area contributed by atoms with Crippen LogP contribution in [-0.2, 0) is 0 Å². The zero-order valence-electron chi connectivity index (χ0n) is 11.0. The minimum atomic E-state index is 0.504. The third-order valence-corrected chi connectivity index (χ3v) is 3.97. The molecule has 2 nitrogen and oxygen atoms in total. The molecule has 1 atom stereocenters. The van der Waals surface area contributed by atoms with E-state index in [0.29, 0.717) is 6.04 Å². The predicted octanol–water partition coefficient (Wildman–Crippen LogP) is 2.82. The SMILES string of the molecule is CNCC(c1ccccc1)N(C)C1CCCC1. The average molecular weight is 232 g/mol. The minimum Gasteiger partial charge on any atom is -0.318 e. The fourth-order valence-electron chi connectivity index (χ4n) is 2.93. The maximum atomic E-state index is 3.33. The van der Waals surface area contributed by atoms with Gasteiger partial charge in [0, 0.05) is 18.6 Å². The van der Waals surface area contributed by atoms with Gasteiger partial charge in [-0.15, -0.1) is 0 Å². The second-order valence-electron chi connectivity index (χ2n) is 5.09. The van der Waals surface area contributed by atoms with E-state index in [-0.39, 0.29) is 0 Å². The van der Waals surface area contributed by atoms with Crippen LogP contribution in [-0.4, -0.2) is 31.6 Å². The highest BCUT2D eigenvalue weighted by Crippen LogP contribution is 2.29. The Morgan fingerprint density at radius 3 is 2.47 bits per heavy atom. The second kappa shape index (κ2) is 6.18. The average Bonchev–Trinajstić information content (AvgIpc) is 2.90. The lowest BCUT2D eigenvalue weighted by Crippen LogP contribution is -2.38. The van der Waals surface area contributed by atoms with E-state index in [0.717, 1.165) is 12.6 Å². The Hall–Kier alpha value is -0.860. The standard InChI is InChI=1S/C15H24N2/c1-16-12-15(13-8-4-3-5-9-13)17(2)14-10-6-7-11-14/h3-5,8-9,14-16H,6-7,10-12H2,1-2H3. The molecule has 1 aliphatic rings. The van der Waals surface area contributed by atoms with Crippen molar-refractivity contribution in [2.24, 2.45) is 0 Å². The fourth-order valence-corrected chi connectivity index (χ4v) is 2.93. The molecule has 0 saturated heterocycles. The van der Waals surface area contributed by atoms with Crippen molar-refractivity contribution in [1.29, 1.82) is 0 Å². The molecule has 1 saturated carbocycles. The van der Waals surface area contributed by atoms with Crippen molar-refractivity contribution in [3.63, 3.8) is 0 Å².